The maximum absolute atomic E-state index is 12.5. The van der Waals surface area contributed by atoms with Crippen LogP contribution in [-0.2, 0) is 9.92 Å². The second kappa shape index (κ2) is 4.24. The molecule has 1 aliphatic heterocycles. The molecule has 1 aromatic rings. The number of allylic oxidation sites excluding steroid dienone is 1. The van der Waals surface area contributed by atoms with Crippen LogP contribution >= 0.6 is 0 Å². The summed E-state index contributed by atoms with van der Waals surface area (Å²) >= 11 is 0. The van der Waals surface area contributed by atoms with Gasteiger partial charge in [-0.05, 0) is 25.1 Å². The van der Waals surface area contributed by atoms with Gasteiger partial charge in [0.05, 0.1) is 4.90 Å². The van der Waals surface area contributed by atoms with Crippen LogP contribution in [0.25, 0.3) is 0 Å². The van der Waals surface area contributed by atoms with E-state index in [0.29, 0.717) is 6.08 Å². The third-order valence-corrected chi connectivity index (χ3v) is 4.01. The lowest BCUT2D eigenvalue weighted by molar-refractivity contribution is -0.0575. The van der Waals surface area contributed by atoms with Crippen LogP contribution in [-0.4, -0.2) is 16.1 Å². The summed E-state index contributed by atoms with van der Waals surface area (Å²) in [6, 6.07) is 6.24. The molecule has 0 fully saturated rings. The zero-order valence-electron chi connectivity index (χ0n) is 9.31. The topological polar surface area (TPSA) is 41.8 Å². The first-order valence-electron chi connectivity index (χ1n) is 4.98. The number of halogens is 3. The van der Waals surface area contributed by atoms with Crippen LogP contribution in [0, 0.1) is 6.92 Å². The van der Waals surface area contributed by atoms with Crippen molar-refractivity contribution in [2.75, 3.05) is 0 Å². The van der Waals surface area contributed by atoms with E-state index in [1.54, 1.807) is 12.1 Å². The Labute approximate surface area is 102 Å². The molecule has 18 heavy (non-hydrogen) atoms. The third-order valence-electron chi connectivity index (χ3n) is 2.28. The van der Waals surface area contributed by atoms with Crippen molar-refractivity contribution in [2.45, 2.75) is 18.0 Å². The second-order valence-electron chi connectivity index (χ2n) is 3.71. The van der Waals surface area contributed by atoms with Gasteiger partial charge in [0.2, 0.25) is 0 Å². The fourth-order valence-corrected chi connectivity index (χ4v) is 2.77. The molecule has 0 saturated heterocycles. The van der Waals surface area contributed by atoms with Crippen LogP contribution in [0.4, 0.5) is 13.2 Å². The highest BCUT2D eigenvalue weighted by molar-refractivity contribution is 7.92. The second-order valence-corrected chi connectivity index (χ2v) is 5.56. The van der Waals surface area contributed by atoms with Crippen molar-refractivity contribution in [1.82, 2.24) is 0 Å². The maximum Gasteiger partial charge on any atom is 0.434 e. The van der Waals surface area contributed by atoms with Crippen LogP contribution in [0.2, 0.25) is 0 Å². The predicted octanol–water partition coefficient (Wildman–Crippen LogP) is 3.27. The normalized spacial score (nSPS) is 23.4. The van der Waals surface area contributed by atoms with Crippen LogP contribution < -0.4 is 0 Å². The summed E-state index contributed by atoms with van der Waals surface area (Å²) in [6.45, 7) is 1.82. The van der Waals surface area contributed by atoms with Crippen molar-refractivity contribution < 1.29 is 17.4 Å². The van der Waals surface area contributed by atoms with E-state index < -0.39 is 21.8 Å². The average molecular weight is 274 g/mol. The highest BCUT2D eigenvalue weighted by Crippen LogP contribution is 2.25. The van der Waals surface area contributed by atoms with Crippen LogP contribution in [0.3, 0.4) is 0 Å². The molecule has 1 aromatic carbocycles. The molecule has 7 heteroatoms. The molecule has 0 aliphatic carbocycles. The molecule has 2 rings (SSSR count). The minimum absolute atomic E-state index is 0.166. The van der Waals surface area contributed by atoms with Crippen LogP contribution in [0.15, 0.2) is 50.2 Å². The first kappa shape index (κ1) is 12.8. The Kier molecular flexibility index (Phi) is 3.02. The van der Waals surface area contributed by atoms with Crippen molar-refractivity contribution >= 4 is 15.6 Å². The van der Waals surface area contributed by atoms with E-state index in [1.807, 2.05) is 6.92 Å². The van der Waals surface area contributed by atoms with Gasteiger partial charge in [-0.25, -0.2) is 4.21 Å². The van der Waals surface area contributed by atoms with Gasteiger partial charge in [0, 0.05) is 6.20 Å². The molecular weight excluding hydrogens is 265 g/mol. The summed E-state index contributed by atoms with van der Waals surface area (Å²) in [4.78, 5) is 0.166. The average Bonchev–Trinajstić information content (AvgIpc) is 2.28. The lowest BCUT2D eigenvalue weighted by Crippen LogP contribution is -2.23. The lowest BCUT2D eigenvalue weighted by Gasteiger charge is -2.12. The fourth-order valence-electron chi connectivity index (χ4n) is 1.35. The molecule has 1 aliphatic rings. The summed E-state index contributed by atoms with van der Waals surface area (Å²) in [6.07, 6.45) is -3.03. The third kappa shape index (κ3) is 2.45. The Balaban J connectivity index is 2.54. The predicted molar refractivity (Wildman–Crippen MR) is 62.6 cm³/mol. The van der Waals surface area contributed by atoms with Gasteiger partial charge in [0.25, 0.3) is 0 Å². The van der Waals surface area contributed by atoms with E-state index in [1.165, 1.54) is 12.1 Å². The van der Waals surface area contributed by atoms with Gasteiger partial charge in [-0.3, -0.25) is 0 Å². The Morgan fingerprint density at radius 1 is 1.17 bits per heavy atom. The van der Waals surface area contributed by atoms with E-state index in [4.69, 9.17) is 0 Å². The van der Waals surface area contributed by atoms with Gasteiger partial charge in [-0.2, -0.15) is 21.9 Å². The quantitative estimate of drug-likeness (QED) is 0.775. The van der Waals surface area contributed by atoms with Gasteiger partial charge >= 0.3 is 6.18 Å². The molecular formula is C11H9F3N2OS. The largest absolute Gasteiger partial charge is 0.434 e. The number of rotatable bonds is 1. The van der Waals surface area contributed by atoms with Gasteiger partial charge in [-0.15, -0.1) is 0 Å². The molecule has 1 unspecified atom stereocenters. The lowest BCUT2D eigenvalue weighted by atomic mass is 10.2. The molecule has 1 heterocycles. The summed E-state index contributed by atoms with van der Waals surface area (Å²) in [5.74, 6) is 0. The van der Waals surface area contributed by atoms with E-state index >= 15 is 0 Å². The smallest absolute Gasteiger partial charge is 0.221 e. The molecule has 0 N–H and O–H groups in total. The van der Waals surface area contributed by atoms with Crippen molar-refractivity contribution in [2.24, 2.45) is 8.76 Å². The minimum Gasteiger partial charge on any atom is -0.221 e. The van der Waals surface area contributed by atoms with Crippen molar-refractivity contribution in [3.63, 3.8) is 0 Å². The van der Waals surface area contributed by atoms with Crippen molar-refractivity contribution in [1.29, 1.82) is 0 Å². The van der Waals surface area contributed by atoms with E-state index in [0.717, 1.165) is 11.8 Å². The molecule has 0 radical (unpaired) electrons. The number of aryl methyl sites for hydroxylation is 1. The molecule has 0 aromatic heterocycles. The van der Waals surface area contributed by atoms with Crippen molar-refractivity contribution in [3.8, 4) is 0 Å². The molecule has 3 nitrogen and oxygen atoms in total. The van der Waals surface area contributed by atoms with Gasteiger partial charge in [0.15, 0.2) is 15.6 Å². The monoisotopic (exact) mass is 274 g/mol. The Morgan fingerprint density at radius 3 is 2.33 bits per heavy atom. The molecule has 1 atom stereocenters. The maximum atomic E-state index is 12.5. The SMILES string of the molecule is Cc1ccc(S2(=O)=NC=CC(C(F)(F)F)=N2)cc1. The van der Waals surface area contributed by atoms with E-state index in [9.17, 15) is 17.4 Å². The highest BCUT2D eigenvalue weighted by atomic mass is 32.2. The van der Waals surface area contributed by atoms with Crippen LogP contribution in [0.1, 0.15) is 5.56 Å². The zero-order chi connectivity index (χ0) is 13.4. The molecule has 0 bridgehead atoms. The van der Waals surface area contributed by atoms with E-state index in [2.05, 4.69) is 8.76 Å². The number of nitrogens with zero attached hydrogens (tertiary/aromatic N) is 2. The van der Waals surface area contributed by atoms with E-state index in [-0.39, 0.29) is 4.90 Å². The van der Waals surface area contributed by atoms with Crippen LogP contribution in [0.5, 0.6) is 0 Å². The Morgan fingerprint density at radius 2 is 1.78 bits per heavy atom. The van der Waals surface area contributed by atoms with Gasteiger partial charge in [-0.1, -0.05) is 17.7 Å². The summed E-state index contributed by atoms with van der Waals surface area (Å²) in [5.41, 5.74) is -0.267. The number of benzene rings is 1. The molecule has 0 saturated carbocycles. The highest BCUT2D eigenvalue weighted by Gasteiger charge is 2.36. The zero-order valence-corrected chi connectivity index (χ0v) is 10.1. The molecule has 0 spiro atoms. The number of alkyl halides is 3. The number of hydrogen-bond donors (Lipinski definition) is 0. The fraction of sp³-hybridized carbons (Fsp3) is 0.182. The van der Waals surface area contributed by atoms with Gasteiger partial charge < -0.3 is 0 Å². The minimum atomic E-state index is -4.63. The Hall–Kier alpha value is -1.63. The summed E-state index contributed by atoms with van der Waals surface area (Å²) in [7, 11) is -3.41. The summed E-state index contributed by atoms with van der Waals surface area (Å²) in [5, 5.41) is 0. The van der Waals surface area contributed by atoms with Crippen molar-refractivity contribution in [3.05, 3.63) is 42.1 Å². The molecule has 0 amide bonds. The van der Waals surface area contributed by atoms with Gasteiger partial charge in [0.1, 0.15) is 0 Å². The first-order valence-corrected chi connectivity index (χ1v) is 6.45. The number of hydrogen-bond acceptors (Lipinski definition) is 2. The Bertz CT molecular complexity index is 635. The molecule has 96 valence electrons. The standard InChI is InChI=1S/C11H9F3N2OS/c1-8-2-4-9(5-3-8)18(17)15-7-6-10(16-18)11(12,13)14/h2-7H,1H3. The summed E-state index contributed by atoms with van der Waals surface area (Å²) < 4.78 is 56.7. The first-order chi connectivity index (χ1) is 8.31.